The maximum absolute atomic E-state index is 12.0. The average molecular weight is 261 g/mol. The highest BCUT2D eigenvalue weighted by molar-refractivity contribution is 6.02. The molecule has 0 amide bonds. The van der Waals surface area contributed by atoms with E-state index in [1.54, 1.807) is 14.0 Å². The lowest BCUT2D eigenvalue weighted by Gasteiger charge is -2.40. The molecule has 0 radical (unpaired) electrons. The first-order chi connectivity index (χ1) is 9.06. The second-order valence-corrected chi connectivity index (χ2v) is 5.46. The molecule has 2 rings (SSSR count). The molecule has 2 atom stereocenters. The van der Waals surface area contributed by atoms with E-state index in [9.17, 15) is 4.79 Å². The van der Waals surface area contributed by atoms with E-state index >= 15 is 0 Å². The summed E-state index contributed by atoms with van der Waals surface area (Å²) in [5, 5.41) is 0. The van der Waals surface area contributed by atoms with Crippen LogP contribution in [0.5, 0.6) is 5.75 Å². The first kappa shape index (κ1) is 13.9. The summed E-state index contributed by atoms with van der Waals surface area (Å²) in [6.45, 7) is 7.15. The van der Waals surface area contributed by atoms with E-state index in [1.165, 1.54) is 12.8 Å². The van der Waals surface area contributed by atoms with Crippen LogP contribution in [0.4, 0.5) is 5.69 Å². The fourth-order valence-corrected chi connectivity index (χ4v) is 2.96. The van der Waals surface area contributed by atoms with Gasteiger partial charge in [0.2, 0.25) is 0 Å². The first-order valence-corrected chi connectivity index (χ1v) is 7.00. The summed E-state index contributed by atoms with van der Waals surface area (Å²) in [5.41, 5.74) is 1.73. The van der Waals surface area contributed by atoms with Gasteiger partial charge in [0, 0.05) is 12.6 Å². The number of carbonyl (C=O) groups excluding carboxylic acids is 1. The number of carbonyl (C=O) groups is 1. The highest BCUT2D eigenvalue weighted by Gasteiger charge is 2.28. The molecule has 1 fully saturated rings. The minimum atomic E-state index is 0.0675. The van der Waals surface area contributed by atoms with Crippen molar-refractivity contribution < 1.29 is 9.53 Å². The number of rotatable bonds is 3. The van der Waals surface area contributed by atoms with Crippen LogP contribution in [0.3, 0.4) is 0 Å². The van der Waals surface area contributed by atoms with Crippen LogP contribution in [0.2, 0.25) is 0 Å². The van der Waals surface area contributed by atoms with E-state index in [0.29, 0.717) is 23.3 Å². The minimum absolute atomic E-state index is 0.0675. The van der Waals surface area contributed by atoms with Gasteiger partial charge in [-0.2, -0.15) is 0 Å². The number of methoxy groups -OCH3 is 1. The summed E-state index contributed by atoms with van der Waals surface area (Å²) in [7, 11) is 1.62. The zero-order valence-corrected chi connectivity index (χ0v) is 12.3. The van der Waals surface area contributed by atoms with Crippen LogP contribution in [0.25, 0.3) is 0 Å². The number of nitrogens with zero attached hydrogens (tertiary/aromatic N) is 1. The molecule has 1 saturated heterocycles. The molecule has 1 aromatic rings. The molecule has 0 saturated carbocycles. The van der Waals surface area contributed by atoms with Gasteiger partial charge in [0.15, 0.2) is 5.78 Å². The van der Waals surface area contributed by atoms with Crippen molar-refractivity contribution in [1.29, 1.82) is 0 Å². The van der Waals surface area contributed by atoms with E-state index in [4.69, 9.17) is 4.74 Å². The van der Waals surface area contributed by atoms with Crippen molar-refractivity contribution in [3.8, 4) is 5.75 Å². The van der Waals surface area contributed by atoms with Crippen LogP contribution >= 0.6 is 0 Å². The summed E-state index contributed by atoms with van der Waals surface area (Å²) in [6, 6.07) is 6.32. The molecule has 0 N–H and O–H groups in total. The third-order valence-corrected chi connectivity index (χ3v) is 4.26. The quantitative estimate of drug-likeness (QED) is 0.780. The Balaban J connectivity index is 2.46. The van der Waals surface area contributed by atoms with Crippen LogP contribution in [-0.2, 0) is 0 Å². The predicted octanol–water partition coefficient (Wildman–Crippen LogP) is 3.52. The number of hydrogen-bond donors (Lipinski definition) is 0. The molecule has 19 heavy (non-hydrogen) atoms. The summed E-state index contributed by atoms with van der Waals surface area (Å²) in [5.74, 6) is 1.40. The third-order valence-electron chi connectivity index (χ3n) is 4.26. The van der Waals surface area contributed by atoms with E-state index in [1.807, 2.05) is 18.2 Å². The Morgan fingerprint density at radius 3 is 2.74 bits per heavy atom. The molecule has 1 aliphatic rings. The number of hydrogen-bond acceptors (Lipinski definition) is 3. The molecule has 0 bridgehead atoms. The molecule has 1 aromatic carbocycles. The SMILES string of the molecule is COc1cccc(N2CCCC(C)C2C)c1C(C)=O. The Labute approximate surface area is 115 Å². The van der Waals surface area contributed by atoms with Crippen molar-refractivity contribution >= 4 is 11.5 Å². The molecular formula is C16H23NO2. The van der Waals surface area contributed by atoms with Crippen LogP contribution in [0.15, 0.2) is 18.2 Å². The predicted molar refractivity (Wildman–Crippen MR) is 78.2 cm³/mol. The van der Waals surface area contributed by atoms with E-state index in [0.717, 1.165) is 12.2 Å². The van der Waals surface area contributed by atoms with E-state index < -0.39 is 0 Å². The Morgan fingerprint density at radius 2 is 2.11 bits per heavy atom. The van der Waals surface area contributed by atoms with Gasteiger partial charge in [-0.15, -0.1) is 0 Å². The number of ketones is 1. The maximum atomic E-state index is 12.0. The maximum Gasteiger partial charge on any atom is 0.165 e. The number of anilines is 1. The lowest BCUT2D eigenvalue weighted by molar-refractivity contribution is 0.101. The van der Waals surface area contributed by atoms with Gasteiger partial charge in [-0.3, -0.25) is 4.79 Å². The number of ether oxygens (including phenoxy) is 1. The summed E-state index contributed by atoms with van der Waals surface area (Å²) in [6.07, 6.45) is 2.44. The minimum Gasteiger partial charge on any atom is -0.496 e. The second-order valence-electron chi connectivity index (χ2n) is 5.46. The van der Waals surface area contributed by atoms with Gasteiger partial charge < -0.3 is 9.64 Å². The molecule has 2 unspecified atom stereocenters. The van der Waals surface area contributed by atoms with Gasteiger partial charge in [-0.25, -0.2) is 0 Å². The van der Waals surface area contributed by atoms with Gasteiger partial charge in [0.1, 0.15) is 5.75 Å². The molecule has 0 spiro atoms. The van der Waals surface area contributed by atoms with Gasteiger partial charge >= 0.3 is 0 Å². The number of Topliss-reactive ketones (excluding diaryl/α,β-unsaturated/α-hetero) is 1. The Bertz CT molecular complexity index is 470. The Morgan fingerprint density at radius 1 is 1.37 bits per heavy atom. The summed E-state index contributed by atoms with van der Waals surface area (Å²) < 4.78 is 5.35. The van der Waals surface area contributed by atoms with Gasteiger partial charge in [0.05, 0.1) is 18.4 Å². The largest absolute Gasteiger partial charge is 0.496 e. The van der Waals surface area contributed by atoms with E-state index in [2.05, 4.69) is 18.7 Å². The van der Waals surface area contributed by atoms with Gasteiger partial charge in [-0.05, 0) is 44.7 Å². The Kier molecular flexibility index (Phi) is 4.13. The topological polar surface area (TPSA) is 29.5 Å². The zero-order chi connectivity index (χ0) is 14.0. The monoisotopic (exact) mass is 261 g/mol. The highest BCUT2D eigenvalue weighted by atomic mass is 16.5. The van der Waals surface area contributed by atoms with Crippen LogP contribution in [-0.4, -0.2) is 25.5 Å². The van der Waals surface area contributed by atoms with Crippen molar-refractivity contribution in [2.75, 3.05) is 18.6 Å². The van der Waals surface area contributed by atoms with Crippen LogP contribution < -0.4 is 9.64 Å². The lowest BCUT2D eigenvalue weighted by Crippen LogP contribution is -2.43. The van der Waals surface area contributed by atoms with Gasteiger partial charge in [-0.1, -0.05) is 13.0 Å². The Hall–Kier alpha value is -1.51. The molecule has 1 heterocycles. The average Bonchev–Trinajstić information content (AvgIpc) is 2.40. The molecule has 1 aliphatic heterocycles. The first-order valence-electron chi connectivity index (χ1n) is 7.00. The van der Waals surface area contributed by atoms with Crippen molar-refractivity contribution in [3.05, 3.63) is 23.8 Å². The van der Waals surface area contributed by atoms with Crippen molar-refractivity contribution in [2.24, 2.45) is 5.92 Å². The van der Waals surface area contributed by atoms with Crippen molar-refractivity contribution in [3.63, 3.8) is 0 Å². The smallest absolute Gasteiger partial charge is 0.165 e. The summed E-state index contributed by atoms with van der Waals surface area (Å²) in [4.78, 5) is 14.3. The van der Waals surface area contributed by atoms with E-state index in [-0.39, 0.29) is 5.78 Å². The van der Waals surface area contributed by atoms with Crippen LogP contribution in [0, 0.1) is 5.92 Å². The molecular weight excluding hydrogens is 238 g/mol. The standard InChI is InChI=1S/C16H23NO2/c1-11-7-6-10-17(12(11)2)14-8-5-9-15(19-4)16(14)13(3)18/h5,8-9,11-12H,6-7,10H2,1-4H3. The fraction of sp³-hybridized carbons (Fsp3) is 0.562. The fourth-order valence-electron chi connectivity index (χ4n) is 2.96. The van der Waals surface area contributed by atoms with Crippen molar-refractivity contribution in [2.45, 2.75) is 39.7 Å². The van der Waals surface area contributed by atoms with Gasteiger partial charge in [0.25, 0.3) is 0 Å². The van der Waals surface area contributed by atoms with Crippen molar-refractivity contribution in [1.82, 2.24) is 0 Å². The number of piperidine rings is 1. The third kappa shape index (κ3) is 2.60. The molecule has 104 valence electrons. The van der Waals surface area contributed by atoms with Crippen LogP contribution in [0.1, 0.15) is 44.0 Å². The molecule has 3 nitrogen and oxygen atoms in total. The second kappa shape index (κ2) is 5.64. The zero-order valence-electron chi connectivity index (χ0n) is 12.3. The number of benzene rings is 1. The highest BCUT2D eigenvalue weighted by Crippen LogP contribution is 2.35. The lowest BCUT2D eigenvalue weighted by atomic mass is 9.90. The molecule has 0 aromatic heterocycles. The summed E-state index contributed by atoms with van der Waals surface area (Å²) >= 11 is 0. The molecule has 0 aliphatic carbocycles. The normalized spacial score (nSPS) is 23.3. The molecule has 3 heteroatoms.